The lowest BCUT2D eigenvalue weighted by atomic mass is 10.2. The lowest BCUT2D eigenvalue weighted by Gasteiger charge is -2.05. The smallest absolute Gasteiger partial charge is 0.311 e. The van der Waals surface area contributed by atoms with Gasteiger partial charge in [-0.2, -0.15) is 5.10 Å². The first-order valence-electron chi connectivity index (χ1n) is 8.88. The summed E-state index contributed by atoms with van der Waals surface area (Å²) >= 11 is 0. The van der Waals surface area contributed by atoms with Gasteiger partial charge in [0.25, 0.3) is 5.69 Å². The minimum Gasteiger partial charge on any atom is -0.479 e. The lowest BCUT2D eigenvalue weighted by Crippen LogP contribution is -2.16. The van der Waals surface area contributed by atoms with Crippen molar-refractivity contribution in [1.29, 1.82) is 0 Å². The summed E-state index contributed by atoms with van der Waals surface area (Å²) < 4.78 is 10.8. The second-order valence-electron chi connectivity index (χ2n) is 6.33. The molecule has 1 N–H and O–H groups in total. The molecule has 0 saturated carbocycles. The number of ether oxygens (including phenoxy) is 1. The molecular weight excluding hydrogens is 408 g/mol. The van der Waals surface area contributed by atoms with E-state index in [-0.39, 0.29) is 29.5 Å². The van der Waals surface area contributed by atoms with Crippen molar-refractivity contribution in [2.24, 2.45) is 5.10 Å². The number of nitro groups is 2. The average Bonchev–Trinajstić information content (AvgIpc) is 3.22. The highest BCUT2D eigenvalue weighted by Crippen LogP contribution is 2.28. The number of carbonyl (C=O) groups excluding carboxylic acids is 1. The Labute approximate surface area is 175 Å². The van der Waals surface area contributed by atoms with Crippen molar-refractivity contribution >= 4 is 23.5 Å². The second kappa shape index (κ2) is 9.31. The maximum Gasteiger partial charge on any atom is 0.311 e. The molecule has 1 aromatic heterocycles. The molecule has 0 unspecified atom stereocenters. The highest BCUT2D eigenvalue weighted by atomic mass is 16.6. The summed E-state index contributed by atoms with van der Waals surface area (Å²) in [5.41, 5.74) is 3.34. The predicted octanol–water partition coefficient (Wildman–Crippen LogP) is 3.75. The molecular formula is C20H16N4O7. The molecule has 158 valence electrons. The number of rotatable bonds is 8. The molecule has 0 radical (unpaired) electrons. The van der Waals surface area contributed by atoms with Crippen molar-refractivity contribution in [2.75, 3.05) is 0 Å². The largest absolute Gasteiger partial charge is 0.479 e. The molecule has 11 heteroatoms. The fraction of sp³-hybridized carbons (Fsp3) is 0.100. The number of nitro benzene ring substituents is 2. The van der Waals surface area contributed by atoms with Crippen molar-refractivity contribution in [3.63, 3.8) is 0 Å². The molecule has 3 aromatic rings. The van der Waals surface area contributed by atoms with Gasteiger partial charge < -0.3 is 9.15 Å². The molecule has 0 aliphatic rings. The molecule has 0 saturated heterocycles. The fourth-order valence-electron chi connectivity index (χ4n) is 2.52. The van der Waals surface area contributed by atoms with Crippen molar-refractivity contribution in [2.45, 2.75) is 13.5 Å². The Morgan fingerprint density at radius 3 is 2.52 bits per heavy atom. The third-order valence-electron chi connectivity index (χ3n) is 4.05. The van der Waals surface area contributed by atoms with Crippen LogP contribution in [0.15, 0.2) is 64.1 Å². The summed E-state index contributed by atoms with van der Waals surface area (Å²) in [6, 6.07) is 13.1. The second-order valence-corrected chi connectivity index (χ2v) is 6.33. The van der Waals surface area contributed by atoms with Crippen molar-refractivity contribution in [3.8, 4) is 5.75 Å². The van der Waals surface area contributed by atoms with E-state index in [9.17, 15) is 25.0 Å². The van der Waals surface area contributed by atoms with Crippen LogP contribution in [-0.4, -0.2) is 22.0 Å². The minimum absolute atomic E-state index is 0.0298. The maximum atomic E-state index is 12.1. The van der Waals surface area contributed by atoms with Crippen LogP contribution in [0, 0.1) is 27.2 Å². The van der Waals surface area contributed by atoms with Crippen LogP contribution in [0.4, 0.5) is 11.4 Å². The molecule has 0 aliphatic carbocycles. The third-order valence-corrected chi connectivity index (χ3v) is 4.05. The molecule has 3 rings (SSSR count). The molecule has 0 bridgehead atoms. The fourth-order valence-corrected chi connectivity index (χ4v) is 2.52. The van der Waals surface area contributed by atoms with Crippen molar-refractivity contribution in [3.05, 3.63) is 97.5 Å². The quantitative estimate of drug-likeness (QED) is 0.328. The van der Waals surface area contributed by atoms with Gasteiger partial charge in [-0.25, -0.2) is 5.43 Å². The van der Waals surface area contributed by atoms with Crippen LogP contribution in [-0.2, 0) is 6.61 Å². The summed E-state index contributed by atoms with van der Waals surface area (Å²) in [7, 11) is 0. The van der Waals surface area contributed by atoms with Crippen LogP contribution in [0.25, 0.3) is 0 Å². The first-order valence-corrected chi connectivity index (χ1v) is 8.88. The number of hydrogen-bond acceptors (Lipinski definition) is 8. The van der Waals surface area contributed by atoms with E-state index in [1.54, 1.807) is 13.0 Å². The van der Waals surface area contributed by atoms with E-state index in [0.29, 0.717) is 11.3 Å². The Morgan fingerprint density at radius 2 is 1.84 bits per heavy atom. The number of amides is 1. The van der Waals surface area contributed by atoms with Gasteiger partial charge in [-0.3, -0.25) is 25.0 Å². The summed E-state index contributed by atoms with van der Waals surface area (Å²) in [5.74, 6) is -0.270. The average molecular weight is 424 g/mol. The van der Waals surface area contributed by atoms with Gasteiger partial charge in [0.05, 0.1) is 16.1 Å². The zero-order valence-electron chi connectivity index (χ0n) is 16.2. The molecule has 2 aromatic carbocycles. The van der Waals surface area contributed by atoms with Gasteiger partial charge >= 0.3 is 11.6 Å². The molecule has 0 atom stereocenters. The van der Waals surface area contributed by atoms with Crippen LogP contribution >= 0.6 is 0 Å². The van der Waals surface area contributed by atoms with Crippen LogP contribution < -0.4 is 10.2 Å². The molecule has 1 heterocycles. The Hall–Kier alpha value is -4.54. The molecule has 0 spiro atoms. The van der Waals surface area contributed by atoms with Crippen LogP contribution in [0.5, 0.6) is 5.75 Å². The van der Waals surface area contributed by atoms with Gasteiger partial charge in [0.2, 0.25) is 0 Å². The third kappa shape index (κ3) is 5.50. The molecule has 1 amide bonds. The number of hydrogen-bond donors (Lipinski definition) is 1. The van der Waals surface area contributed by atoms with E-state index in [4.69, 9.17) is 9.15 Å². The summed E-state index contributed by atoms with van der Waals surface area (Å²) in [4.78, 5) is 32.8. The molecule has 31 heavy (non-hydrogen) atoms. The van der Waals surface area contributed by atoms with Crippen LogP contribution in [0.3, 0.4) is 0 Å². The maximum absolute atomic E-state index is 12.1. The van der Waals surface area contributed by atoms with Gasteiger partial charge in [0, 0.05) is 18.2 Å². The SMILES string of the molecule is Cc1ccc(OCc2ccc(C(=O)N/N=C/c3ccc([N+](=O)[O-])cc3)o2)c([N+](=O)[O-])c1. The monoisotopic (exact) mass is 424 g/mol. The van der Waals surface area contributed by atoms with Gasteiger partial charge in [0.1, 0.15) is 12.4 Å². The van der Waals surface area contributed by atoms with E-state index in [1.165, 1.54) is 54.7 Å². The number of carbonyl (C=O) groups is 1. The number of benzene rings is 2. The number of hydrazone groups is 1. The number of nitrogens with one attached hydrogen (secondary N) is 1. The van der Waals surface area contributed by atoms with E-state index >= 15 is 0 Å². The Kier molecular flexibility index (Phi) is 6.36. The van der Waals surface area contributed by atoms with Gasteiger partial charge in [-0.05, 0) is 48.4 Å². The Balaban J connectivity index is 1.57. The number of furan rings is 1. The number of non-ortho nitro benzene ring substituents is 1. The van der Waals surface area contributed by atoms with Crippen LogP contribution in [0.1, 0.15) is 27.4 Å². The summed E-state index contributed by atoms with van der Waals surface area (Å²) in [6.07, 6.45) is 1.32. The predicted molar refractivity (Wildman–Crippen MR) is 109 cm³/mol. The van der Waals surface area contributed by atoms with Gasteiger partial charge in [-0.1, -0.05) is 6.07 Å². The number of nitrogens with zero attached hydrogens (tertiary/aromatic N) is 3. The molecule has 0 aliphatic heterocycles. The summed E-state index contributed by atoms with van der Waals surface area (Å²) in [5, 5.41) is 25.5. The van der Waals surface area contributed by atoms with Gasteiger partial charge in [0.15, 0.2) is 11.5 Å². The zero-order valence-corrected chi connectivity index (χ0v) is 16.2. The highest BCUT2D eigenvalue weighted by Gasteiger charge is 2.16. The van der Waals surface area contributed by atoms with Gasteiger partial charge in [-0.15, -0.1) is 0 Å². The topological polar surface area (TPSA) is 150 Å². The molecule has 11 nitrogen and oxygen atoms in total. The van der Waals surface area contributed by atoms with E-state index in [0.717, 1.165) is 5.56 Å². The normalized spacial score (nSPS) is 10.7. The molecule has 0 fully saturated rings. The zero-order chi connectivity index (χ0) is 22.4. The first kappa shape index (κ1) is 21.2. The Bertz CT molecular complexity index is 1150. The van der Waals surface area contributed by atoms with E-state index < -0.39 is 15.8 Å². The minimum atomic E-state index is -0.620. The van der Waals surface area contributed by atoms with Crippen molar-refractivity contribution < 1.29 is 23.8 Å². The number of aryl methyl sites for hydroxylation is 1. The lowest BCUT2D eigenvalue weighted by molar-refractivity contribution is -0.386. The van der Waals surface area contributed by atoms with Crippen molar-refractivity contribution in [1.82, 2.24) is 5.43 Å². The Morgan fingerprint density at radius 1 is 1.10 bits per heavy atom. The van der Waals surface area contributed by atoms with Crippen LogP contribution in [0.2, 0.25) is 0 Å². The first-order chi connectivity index (χ1) is 14.8. The van der Waals surface area contributed by atoms with E-state index in [2.05, 4.69) is 10.5 Å². The van der Waals surface area contributed by atoms with E-state index in [1.807, 2.05) is 0 Å². The standard InChI is InChI=1S/C20H16N4O7/c1-13-2-8-18(17(10-13)24(28)29)30-12-16-7-9-19(31-16)20(25)22-21-11-14-3-5-15(6-4-14)23(26)27/h2-11H,12H2,1H3,(H,22,25)/b21-11+. The summed E-state index contributed by atoms with van der Waals surface area (Å²) in [6.45, 7) is 1.63. The highest BCUT2D eigenvalue weighted by molar-refractivity contribution is 5.92.